The van der Waals surface area contributed by atoms with Crippen LogP contribution in [0, 0.1) is 20.2 Å². The van der Waals surface area contributed by atoms with Crippen molar-refractivity contribution in [1.29, 1.82) is 0 Å². The number of ketones is 1. The second-order valence-corrected chi connectivity index (χ2v) is 14.1. The van der Waals surface area contributed by atoms with E-state index < -0.39 is 39.0 Å². The highest BCUT2D eigenvalue weighted by Gasteiger charge is 2.26. The molecule has 2 N–H and O–H groups in total. The Morgan fingerprint density at radius 1 is 0.591 bits per heavy atom. The highest BCUT2D eigenvalue weighted by molar-refractivity contribution is 6.61. The van der Waals surface area contributed by atoms with Gasteiger partial charge in [-0.1, -0.05) is 91.0 Å². The van der Waals surface area contributed by atoms with Crippen molar-refractivity contribution in [2.75, 3.05) is 5.73 Å². The summed E-state index contributed by atoms with van der Waals surface area (Å²) in [5.74, 6) is -8.50. The monoisotopic (exact) mass is 1040 g/mol. The third kappa shape index (κ3) is 21.2. The predicted molar refractivity (Wildman–Crippen MR) is 289 cm³/mol. The van der Waals surface area contributed by atoms with Crippen molar-refractivity contribution in [3.63, 3.8) is 0 Å². The molecule has 0 aliphatic carbocycles. The molecule has 6 aromatic carbocycles. The van der Waals surface area contributed by atoms with Gasteiger partial charge in [0.1, 0.15) is 11.5 Å². The van der Waals surface area contributed by atoms with E-state index in [1.165, 1.54) is 73.7 Å². The molecule has 6 aromatic rings. The summed E-state index contributed by atoms with van der Waals surface area (Å²) >= 11 is 4.95. The predicted octanol–water partition coefficient (Wildman–Crippen LogP) is 19.4. The molecule has 6 rings (SSSR count). The number of hydrogen-bond acceptors (Lipinski definition) is 10. The molecule has 0 amide bonds. The molecule has 66 heavy (non-hydrogen) atoms. The molecule has 0 aliphatic rings. The highest BCUT2D eigenvalue weighted by Crippen LogP contribution is 2.30. The van der Waals surface area contributed by atoms with Gasteiger partial charge in [-0.25, -0.2) is 31.1 Å². The standard InChI is InChI=1S/C16H14F2O2.C8H7F2NO2.C8H9F2N.C8H7NO3.C7H5ClO2.25H2/c1-16(17,18)13-7-5-6-12(10-13)11-15(19)20-14-8-3-2-4-9-14;1-8(9,10)6-3-2-4-7(5-6)11(12)13;1-8(9,10)6-3-2-4-7(11)5-6;1-6(10)7-3-2-4-8(5-7)9(11)12;8-7(9)10-6-4-2-1-3-5-6;;;;;;;;;;;;;;;;;;;;;;;;;/h2-10H,11H2,1H3;2-5H,1H3;2-5H,11H2,1H3;2-5H,1H3;1-5H;25*1H/i;;;;;24*1+1D;1+1. The number of benzene rings is 6. The topological polar surface area (TPSA) is 182 Å². The summed E-state index contributed by atoms with van der Waals surface area (Å²) in [5.41, 5.74) is 4.87. The Morgan fingerprint density at radius 3 is 1.42 bits per heavy atom. The molecule has 0 spiro atoms. The molecular formula is C47H92ClF6N3O9. The Kier molecular flexibility index (Phi) is 10.7. The zero-order valence-corrected chi connectivity index (χ0v) is 36.3. The molecule has 0 aromatic heterocycles. The van der Waals surface area contributed by atoms with Crippen molar-refractivity contribution < 1.29 is 133 Å². The molecule has 0 heterocycles. The quantitative estimate of drug-likeness (QED) is 0.0203. The molecular weight excluding hydrogens is 900 g/mol. The number of anilines is 1. The number of carbonyl (C=O) groups is 3. The van der Waals surface area contributed by atoms with Crippen LogP contribution in [-0.4, -0.2) is 27.0 Å². The Balaban J connectivity index is -0.0000000363. The van der Waals surface area contributed by atoms with Gasteiger partial charge >= 0.3 is 11.4 Å². The second kappa shape index (κ2) is 25.6. The van der Waals surface area contributed by atoms with Crippen LogP contribution in [0.2, 0.25) is 0 Å². The zero-order valence-electron chi connectivity index (χ0n) is 83.5. The summed E-state index contributed by atoms with van der Waals surface area (Å²) in [5, 5.41) is 20.5. The van der Waals surface area contributed by atoms with Crippen LogP contribution in [0.3, 0.4) is 0 Å². The van der Waals surface area contributed by atoms with Crippen LogP contribution < -0.4 is 15.2 Å². The number of ether oxygens (including phenoxy) is 2. The molecule has 12 nitrogen and oxygen atoms in total. The number of nitro benzene ring substituents is 2. The number of carbonyl (C=O) groups excluding carboxylic acids is 3. The van der Waals surface area contributed by atoms with Crippen LogP contribution in [-0.2, 0) is 29.0 Å². The van der Waals surface area contributed by atoms with E-state index in [4.69, 9.17) is 93.3 Å². The summed E-state index contributed by atoms with van der Waals surface area (Å²) < 4.78 is 327. The van der Waals surface area contributed by atoms with E-state index in [1.807, 2.05) is 12.1 Å². The summed E-state index contributed by atoms with van der Waals surface area (Å²) in [6.45, 7) is 3.75. The number of nitrogen functional groups attached to an aromatic ring is 1. The van der Waals surface area contributed by atoms with Crippen LogP contribution in [0.5, 0.6) is 11.5 Å². The Labute approximate surface area is 455 Å². The summed E-state index contributed by atoms with van der Waals surface area (Å²) in [6, 6.07) is 38.9. The number of halogens is 7. The molecule has 0 unspecified atom stereocenters. The molecule has 0 bridgehead atoms. The van der Waals surface area contributed by atoms with Crippen LogP contribution in [0.25, 0.3) is 0 Å². The lowest BCUT2D eigenvalue weighted by molar-refractivity contribution is -0.385. The molecule has 0 radical (unpaired) electrons. The number of nitrogens with two attached hydrogens (primary N) is 1. The fourth-order valence-corrected chi connectivity index (χ4v) is 4.99. The van der Waals surface area contributed by atoms with E-state index >= 15 is 0 Å². The first-order chi connectivity index (χ1) is 54.8. The van der Waals surface area contributed by atoms with Gasteiger partial charge in [-0.2, -0.15) is 0 Å². The average molecular weight is 1040 g/mol. The maximum atomic E-state index is 13.2. The number of Topliss-reactive ketones (excluding diaryl/α,β-unsaturated/α-hetero) is 1. The van der Waals surface area contributed by atoms with E-state index in [0.29, 0.717) is 35.2 Å². The minimum atomic E-state index is -3.04. The third-order valence-corrected chi connectivity index (χ3v) is 8.20. The fourth-order valence-electron chi connectivity index (χ4n) is 4.90. The van der Waals surface area contributed by atoms with Gasteiger partial charge in [-0.15, -0.1) is 0 Å². The first-order valence-corrected chi connectivity index (χ1v) is 19.4. The van der Waals surface area contributed by atoms with Crippen molar-refractivity contribution in [3.05, 3.63) is 206 Å². The van der Waals surface area contributed by atoms with Crippen LogP contribution >= 0.6 is 11.6 Å². The minimum Gasteiger partial charge on any atom is -0.426 e. The SMILES string of the molecule is CC(=O)c1cccc([N+](=O)[O-])c1.CC(F)(F)c1cccc(CC(=O)Oc2ccccc2)c1.CC(F)(F)c1cccc(N)c1.CC(F)(F)c1cccc([N+](=O)[O-])c1.O=C(Cl)Oc1ccccc1.[2HH].[2H][2H].[2H][2H].[2H][2H].[2H][2H].[2H][2H].[2H][2H].[2H][2H].[2H][2H].[2H][2H].[2H][2H].[2H][2H].[2H][2H].[2H][2H].[2H][2H].[2H][2H].[2H][2H].[2H][2H].[2H][2H].[2H][2H].[2H][2H].[2H][2H].[2H][2H].[2H][2H].[2H][2H]. The fraction of sp³-hybridized carbons (Fsp3) is 0.170. The van der Waals surface area contributed by atoms with E-state index in [2.05, 4.69) is 4.74 Å². The van der Waals surface area contributed by atoms with Crippen LogP contribution in [0.15, 0.2) is 158 Å². The van der Waals surface area contributed by atoms with Gasteiger partial charge in [0.15, 0.2) is 5.78 Å². The molecule has 0 atom stereocenters. The largest absolute Gasteiger partial charge is 0.426 e. The van der Waals surface area contributed by atoms with Crippen molar-refractivity contribution in [1.82, 2.24) is 0 Å². The maximum Gasteiger partial charge on any atom is 0.409 e. The van der Waals surface area contributed by atoms with Gasteiger partial charge in [0, 0.05) is 157 Å². The number of nitrogens with zero attached hydrogens (tertiary/aromatic N) is 2. The van der Waals surface area contributed by atoms with Gasteiger partial charge in [-0.3, -0.25) is 29.8 Å². The molecule has 0 saturated carbocycles. The maximum absolute atomic E-state index is 13.2. The van der Waals surface area contributed by atoms with Gasteiger partial charge < -0.3 is 15.2 Å². The first-order valence-electron chi connectivity index (χ1n) is 43.0. The molecule has 0 aliphatic heterocycles. The number of rotatable bonds is 10. The summed E-state index contributed by atoms with van der Waals surface area (Å²) in [7, 11) is 0. The number of non-ortho nitro benzene ring substituents is 2. The zero-order chi connectivity index (χ0) is 97.7. The number of esters is 1. The van der Waals surface area contributed by atoms with Gasteiger partial charge in [0.25, 0.3) is 29.1 Å². The van der Waals surface area contributed by atoms with Gasteiger partial charge in [0.05, 0.1) is 16.3 Å². The van der Waals surface area contributed by atoms with E-state index in [1.54, 1.807) is 66.7 Å². The van der Waals surface area contributed by atoms with Crippen molar-refractivity contribution >= 4 is 45.8 Å². The van der Waals surface area contributed by atoms with Gasteiger partial charge in [0.2, 0.25) is 0 Å². The van der Waals surface area contributed by atoms with Crippen molar-refractivity contribution in [2.45, 2.75) is 51.9 Å². The molecule has 19 heteroatoms. The average Bonchev–Trinajstić information content (AvgIpc) is 0.862. The minimum absolute atomic E-state index is 0. The summed E-state index contributed by atoms with van der Waals surface area (Å²) in [6.07, 6.45) is -0.0428. The third-order valence-electron chi connectivity index (χ3n) is 8.12. The van der Waals surface area contributed by atoms with Crippen molar-refractivity contribution in [3.8, 4) is 11.5 Å². The highest BCUT2D eigenvalue weighted by atomic mass is 35.5. The molecule has 0 fully saturated rings. The first kappa shape index (κ1) is 27.7. The van der Waals surface area contributed by atoms with E-state index in [-0.39, 0.29) is 41.7 Å². The number of alkyl halides is 6. The lowest BCUT2D eigenvalue weighted by Crippen LogP contribution is -2.12. The normalized spacial score (nSPS) is 13.5. The van der Waals surface area contributed by atoms with Crippen LogP contribution in [0.1, 0.15) is 133 Å². The molecule has 0 saturated heterocycles. The molecule has 398 valence electrons. The lowest BCUT2D eigenvalue weighted by Gasteiger charge is -2.11. The lowest BCUT2D eigenvalue weighted by atomic mass is 10.0. The number of nitro groups is 2. The van der Waals surface area contributed by atoms with Gasteiger partial charge in [-0.05, 0) is 55.0 Å². The number of para-hydroxylation sites is 2. The summed E-state index contributed by atoms with van der Waals surface area (Å²) in [4.78, 5) is 52.0. The Hall–Kier alpha value is -7.60. The van der Waals surface area contributed by atoms with E-state index in [9.17, 15) is 61.0 Å². The Morgan fingerprint density at radius 2 is 1.00 bits per heavy atom. The van der Waals surface area contributed by atoms with Crippen molar-refractivity contribution in [2.24, 2.45) is 0 Å². The van der Waals surface area contributed by atoms with E-state index in [0.717, 1.165) is 26.0 Å². The second-order valence-electron chi connectivity index (χ2n) is 13.8. The number of hydrogen-bond donors (Lipinski definition) is 1. The smallest absolute Gasteiger partial charge is 0.409 e. The Bertz CT molecular complexity index is 2620. The van der Waals surface area contributed by atoms with Crippen LogP contribution in [0.4, 0.5) is 48.2 Å².